The molecule has 5 rings (SSSR count). The highest BCUT2D eigenvalue weighted by molar-refractivity contribution is 5.94. The number of ether oxygens (including phenoxy) is 10. The van der Waals surface area contributed by atoms with Gasteiger partial charge in [-0.2, -0.15) is 0 Å². The number of hydrogen-bond acceptors (Lipinski definition) is 25. The zero-order valence-electron chi connectivity index (χ0n) is 65.9. The van der Waals surface area contributed by atoms with Crippen molar-refractivity contribution >= 4 is 89.7 Å². The Balaban J connectivity index is 0.000000720. The third-order valence-corrected chi connectivity index (χ3v) is 14.0. The zero-order valence-corrected chi connectivity index (χ0v) is 65.9. The normalized spacial score (nSPS) is 11.7. The van der Waals surface area contributed by atoms with Crippen LogP contribution in [0, 0.1) is 5.92 Å². The van der Waals surface area contributed by atoms with Gasteiger partial charge in [0.2, 0.25) is 5.91 Å². The summed E-state index contributed by atoms with van der Waals surface area (Å²) in [6.07, 6.45) is 9.72. The summed E-state index contributed by atoms with van der Waals surface area (Å²) in [5.41, 5.74) is 3.99. The number of carbonyl (C=O) groups is 15. The van der Waals surface area contributed by atoms with Crippen molar-refractivity contribution in [2.75, 3.05) is 88.7 Å². The van der Waals surface area contributed by atoms with E-state index in [1.807, 2.05) is 167 Å². The molecule has 0 radical (unpaired) electrons. The number of benzene rings is 5. The summed E-state index contributed by atoms with van der Waals surface area (Å²) in [6, 6.07) is 41.6. The van der Waals surface area contributed by atoms with Crippen LogP contribution < -0.4 is 47.9 Å². The molecule has 9 N–H and O–H groups in total. The van der Waals surface area contributed by atoms with E-state index in [-0.39, 0.29) is 63.1 Å². The minimum absolute atomic E-state index is 0.0213. The van der Waals surface area contributed by atoms with Crippen LogP contribution in [0.25, 0.3) is 0 Å². The molecule has 9 amide bonds. The monoisotopic (exact) mass is 1600 g/mol. The smallest absolute Gasteiger partial charge is 0.331 e. The molecule has 0 aromatic heterocycles. The molecule has 0 spiro atoms. The number of rotatable bonds is 34. The second kappa shape index (κ2) is 59.9. The Hall–Kier alpha value is -14.0. The van der Waals surface area contributed by atoms with Gasteiger partial charge in [-0.05, 0) is 54.5 Å². The lowest BCUT2D eigenvalue weighted by molar-refractivity contribution is -0.140. The Morgan fingerprint density at radius 3 is 0.722 bits per heavy atom. The molecule has 5 aromatic rings. The highest BCUT2D eigenvalue weighted by Gasteiger charge is 2.22. The molecule has 0 bridgehead atoms. The van der Waals surface area contributed by atoms with Gasteiger partial charge in [-0.25, -0.2) is 67.1 Å². The quantitative estimate of drug-likeness (QED) is 0.0113. The second-order valence-corrected chi connectivity index (χ2v) is 23.7. The zero-order chi connectivity index (χ0) is 85.7. The van der Waals surface area contributed by atoms with E-state index >= 15 is 0 Å². The summed E-state index contributed by atoms with van der Waals surface area (Å²) in [4.78, 5) is 171. The predicted molar refractivity (Wildman–Crippen MR) is 418 cm³/mol. The first-order valence-electron chi connectivity index (χ1n) is 35.3. The summed E-state index contributed by atoms with van der Waals surface area (Å²) in [7, 11) is 7.53. The molecule has 0 aliphatic heterocycles. The Kier molecular flexibility index (Phi) is 51.6. The summed E-state index contributed by atoms with van der Waals surface area (Å²) >= 11 is 0. The van der Waals surface area contributed by atoms with Gasteiger partial charge >= 0.3 is 83.8 Å². The summed E-state index contributed by atoms with van der Waals surface area (Å²) < 4.78 is 47.2. The molecule has 0 fully saturated rings. The van der Waals surface area contributed by atoms with Crippen LogP contribution in [-0.4, -0.2) is 184 Å². The second-order valence-electron chi connectivity index (χ2n) is 23.7. The maximum Gasteiger partial charge on any atom is 0.331 e. The fraction of sp³-hybridized carbons (Fsp3) is 0.321. The van der Waals surface area contributed by atoms with Crippen molar-refractivity contribution in [3.8, 4) is 0 Å². The molecular weight excluding hydrogens is 1500 g/mol. The van der Waals surface area contributed by atoms with Gasteiger partial charge in [0, 0.05) is 93.9 Å². The van der Waals surface area contributed by atoms with E-state index in [1.54, 1.807) is 19.1 Å². The minimum Gasteiger partial charge on any atom is -0.466 e. The molecule has 0 unspecified atom stereocenters. The van der Waals surface area contributed by atoms with Crippen molar-refractivity contribution in [1.82, 2.24) is 47.9 Å². The van der Waals surface area contributed by atoms with Gasteiger partial charge in [-0.3, -0.25) is 4.79 Å². The van der Waals surface area contributed by atoms with Gasteiger partial charge in [0.05, 0.1) is 65.8 Å². The number of hydrogen-bond donors (Lipinski definition) is 9. The Morgan fingerprint density at radius 2 is 0.513 bits per heavy atom. The molecule has 34 heteroatoms. The van der Waals surface area contributed by atoms with Crippen LogP contribution in [0.15, 0.2) is 212 Å². The molecule has 0 aliphatic carbocycles. The lowest BCUT2D eigenvalue weighted by Gasteiger charge is -2.20. The van der Waals surface area contributed by atoms with Gasteiger partial charge in [-0.1, -0.05) is 166 Å². The number of esters is 10. The number of carbonyl (C=O) groups excluding carboxylic acids is 15. The van der Waals surface area contributed by atoms with Crippen LogP contribution in [0.4, 0.5) is 19.2 Å². The van der Waals surface area contributed by atoms with Gasteiger partial charge in [0.25, 0.3) is 0 Å². The van der Waals surface area contributed by atoms with E-state index in [9.17, 15) is 71.9 Å². The van der Waals surface area contributed by atoms with Crippen molar-refractivity contribution in [3.63, 3.8) is 0 Å². The fourth-order valence-electron chi connectivity index (χ4n) is 8.44. The van der Waals surface area contributed by atoms with Crippen LogP contribution in [-0.2, 0) is 100 Å². The Bertz CT molecular complexity index is 3990. The summed E-state index contributed by atoms with van der Waals surface area (Å²) in [6.45, 7) is 11.6. The standard InChI is InChI=1S/C18H24N2O5.C17H22N2O5.C16H20N2O5.C15H18N2O5.C15H17NO5/c1-13(2)11-19-18(23)20-15(14-7-5-4-6-8-14)12-25-17(22)10-9-16(21)24-3;1-12(2)18-17(22)19-14(13-7-5-4-6-8-13)11-24-16(21)10-9-15(20)23-3;1-3-17-16(21)18-13(12-7-5-4-6-8-12)11-23-15(20)10-9-14(19)22-2;1-16-15(20)17-12(11-6-4-3-5-7-11)10-22-14(19)9-8-13(18)21-2;1-11(17)16-13(12-6-4-3-5-7-12)10-21-15(19)9-8-14(18)20-2/h4-10,13,15H,11-12H2,1-3H3,(H2,19,20,23);4-10,12,14H,11H2,1-3H3,(H2,18,19,22);4-10,13H,3,11H2,1-2H3,(H2,17,18,21);3-9,12H,10H2,1-2H3,(H2,16,17,20);3-9,13H,10H2,1-2H3,(H,16,17)/b3*10-9+;2*9-8+/t15-;14-;13-;12-;13-/m11111/s1. The molecule has 620 valence electrons. The molecule has 0 heterocycles. The van der Waals surface area contributed by atoms with Crippen molar-refractivity contribution in [2.45, 2.75) is 77.8 Å². The molecule has 0 saturated carbocycles. The third-order valence-electron chi connectivity index (χ3n) is 14.0. The lowest BCUT2D eigenvalue weighted by atomic mass is 10.1. The largest absolute Gasteiger partial charge is 0.466 e. The van der Waals surface area contributed by atoms with Crippen molar-refractivity contribution in [3.05, 3.63) is 240 Å². The molecule has 0 saturated heterocycles. The number of nitrogens with one attached hydrogen (secondary N) is 9. The highest BCUT2D eigenvalue weighted by atomic mass is 16.6. The molecule has 115 heavy (non-hydrogen) atoms. The number of methoxy groups -OCH3 is 5. The topological polar surface area (TPSA) is 457 Å². The highest BCUT2D eigenvalue weighted by Crippen LogP contribution is 2.18. The van der Waals surface area contributed by atoms with Gasteiger partial charge in [-0.15, -0.1) is 0 Å². The molecule has 0 aliphatic rings. The van der Waals surface area contributed by atoms with Gasteiger partial charge in [0.1, 0.15) is 33.0 Å². The first-order valence-corrected chi connectivity index (χ1v) is 35.3. The lowest BCUT2D eigenvalue weighted by Crippen LogP contribution is -2.42. The maximum absolute atomic E-state index is 12.0. The van der Waals surface area contributed by atoms with E-state index < -0.39 is 95.9 Å². The summed E-state index contributed by atoms with van der Waals surface area (Å²) in [5, 5.41) is 24.1. The average molecular weight is 1600 g/mol. The Morgan fingerprint density at radius 1 is 0.296 bits per heavy atom. The van der Waals surface area contributed by atoms with Crippen molar-refractivity contribution < 1.29 is 119 Å². The average Bonchev–Trinajstić information content (AvgIpc) is 0.907. The number of amides is 9. The van der Waals surface area contributed by atoms with Crippen molar-refractivity contribution in [2.24, 2.45) is 5.92 Å². The number of urea groups is 4. The Labute approximate surface area is 666 Å². The van der Waals surface area contributed by atoms with E-state index in [0.717, 1.165) is 88.6 Å². The van der Waals surface area contributed by atoms with Crippen LogP contribution in [0.1, 0.15) is 99.6 Å². The van der Waals surface area contributed by atoms with Gasteiger partial charge < -0.3 is 95.2 Å². The molecule has 34 nitrogen and oxygen atoms in total. The molecular formula is C81H101N9O25. The van der Waals surface area contributed by atoms with Crippen LogP contribution in [0.3, 0.4) is 0 Å². The molecule has 5 atom stereocenters. The third kappa shape index (κ3) is 49.0. The minimum atomic E-state index is -0.704. The van der Waals surface area contributed by atoms with Gasteiger partial charge in [0.15, 0.2) is 0 Å². The van der Waals surface area contributed by atoms with Crippen LogP contribution >= 0.6 is 0 Å². The first-order chi connectivity index (χ1) is 55.0. The summed E-state index contributed by atoms with van der Waals surface area (Å²) in [5.74, 6) is -6.65. The molecule has 5 aromatic carbocycles. The van der Waals surface area contributed by atoms with E-state index in [1.165, 1.54) is 49.5 Å². The first kappa shape index (κ1) is 99.1. The van der Waals surface area contributed by atoms with E-state index in [2.05, 4.69) is 71.5 Å². The van der Waals surface area contributed by atoms with Crippen molar-refractivity contribution in [1.29, 1.82) is 0 Å². The maximum atomic E-state index is 12.0. The fourth-order valence-corrected chi connectivity index (χ4v) is 8.44. The van der Waals surface area contributed by atoms with Crippen LogP contribution in [0.2, 0.25) is 0 Å². The van der Waals surface area contributed by atoms with Crippen LogP contribution in [0.5, 0.6) is 0 Å². The predicted octanol–water partition coefficient (Wildman–Crippen LogP) is 7.05. The van der Waals surface area contributed by atoms with E-state index in [4.69, 9.17) is 23.7 Å². The van der Waals surface area contributed by atoms with E-state index in [0.29, 0.717) is 19.0 Å². The SMILES string of the molecule is CCNC(=O)N[C@H](COC(=O)/C=C/C(=O)OC)c1ccccc1.CNC(=O)N[C@H](COC(=O)/C=C/C(=O)OC)c1ccccc1.COC(=O)/C=C/C(=O)OC[C@@H](NC(=O)NC(C)C)c1ccccc1.COC(=O)/C=C/C(=O)OC[C@@H](NC(=O)NCC(C)C)c1ccccc1.COC(=O)/C=C/C(=O)OC[C@@H](NC(C)=O)c1ccccc1.